The molecule has 1 aliphatic carbocycles. The Morgan fingerprint density at radius 3 is 2.22 bits per heavy atom. The predicted molar refractivity (Wildman–Crippen MR) is 125 cm³/mol. The van der Waals surface area contributed by atoms with Crippen LogP contribution in [0.2, 0.25) is 0 Å². The molecule has 0 heterocycles. The smallest absolute Gasteiger partial charge is 0.320 e. The molecule has 178 valence electrons. The minimum Gasteiger partial charge on any atom is -0.480 e. The van der Waals surface area contributed by atoms with E-state index in [2.05, 4.69) is 16.0 Å². The average Bonchev–Trinajstić information content (AvgIpc) is 2.76. The van der Waals surface area contributed by atoms with Gasteiger partial charge in [-0.2, -0.15) is 0 Å². The first kappa shape index (κ1) is 25.8. The van der Waals surface area contributed by atoms with Crippen molar-refractivity contribution in [3.63, 3.8) is 0 Å². The predicted octanol–water partition coefficient (Wildman–Crippen LogP) is 3.03. The molecule has 1 aromatic rings. The lowest BCUT2D eigenvalue weighted by atomic mass is 9.94. The van der Waals surface area contributed by atoms with Crippen LogP contribution in [0.4, 0.5) is 0 Å². The molecular formula is C25H39N3O4. The molecule has 0 spiro atoms. The molecule has 3 atom stereocenters. The molecule has 32 heavy (non-hydrogen) atoms. The first-order chi connectivity index (χ1) is 15.3. The van der Waals surface area contributed by atoms with Crippen molar-refractivity contribution in [2.75, 3.05) is 0 Å². The molecule has 1 aliphatic rings. The summed E-state index contributed by atoms with van der Waals surface area (Å²) in [4.78, 5) is 37.5. The van der Waals surface area contributed by atoms with Crippen LogP contribution in [0.25, 0.3) is 0 Å². The molecule has 0 bridgehead atoms. The molecular weight excluding hydrogens is 406 g/mol. The van der Waals surface area contributed by atoms with E-state index in [0.717, 1.165) is 31.2 Å². The third-order valence-electron chi connectivity index (χ3n) is 5.99. The highest BCUT2D eigenvalue weighted by Gasteiger charge is 2.29. The van der Waals surface area contributed by atoms with E-state index < -0.39 is 24.1 Å². The van der Waals surface area contributed by atoms with Gasteiger partial charge in [0.1, 0.15) is 12.1 Å². The highest BCUT2D eigenvalue weighted by Crippen LogP contribution is 2.18. The van der Waals surface area contributed by atoms with E-state index in [1.165, 1.54) is 13.3 Å². The Morgan fingerprint density at radius 1 is 0.969 bits per heavy atom. The average molecular weight is 446 g/mol. The van der Waals surface area contributed by atoms with Crippen molar-refractivity contribution < 1.29 is 19.5 Å². The van der Waals surface area contributed by atoms with Crippen molar-refractivity contribution in [1.82, 2.24) is 16.0 Å². The second kappa shape index (κ2) is 13.2. The topological polar surface area (TPSA) is 108 Å². The van der Waals surface area contributed by atoms with Gasteiger partial charge < -0.3 is 15.7 Å². The molecule has 2 amide bonds. The van der Waals surface area contributed by atoms with Crippen LogP contribution < -0.4 is 16.0 Å². The van der Waals surface area contributed by atoms with E-state index in [9.17, 15) is 19.5 Å². The second-order valence-electron chi connectivity index (χ2n) is 9.34. The Bertz CT molecular complexity index is 732. The summed E-state index contributed by atoms with van der Waals surface area (Å²) in [6.07, 6.45) is 6.99. The number of carbonyl (C=O) groups excluding carboxylic acids is 2. The summed E-state index contributed by atoms with van der Waals surface area (Å²) in [5, 5.41) is 18.3. The zero-order chi connectivity index (χ0) is 23.5. The van der Waals surface area contributed by atoms with Gasteiger partial charge in [-0.15, -0.1) is 0 Å². The van der Waals surface area contributed by atoms with Crippen LogP contribution in [0.1, 0.15) is 71.3 Å². The number of hydrogen-bond donors (Lipinski definition) is 4. The van der Waals surface area contributed by atoms with Gasteiger partial charge in [0, 0.05) is 6.04 Å². The van der Waals surface area contributed by atoms with Crippen molar-refractivity contribution in [3.8, 4) is 0 Å². The first-order valence-corrected chi connectivity index (χ1v) is 11.9. The van der Waals surface area contributed by atoms with Gasteiger partial charge >= 0.3 is 5.97 Å². The second-order valence-corrected chi connectivity index (χ2v) is 9.34. The van der Waals surface area contributed by atoms with Crippen molar-refractivity contribution in [2.24, 2.45) is 5.92 Å². The number of carboxylic acid groups (broad SMARTS) is 1. The van der Waals surface area contributed by atoms with Crippen molar-refractivity contribution in [2.45, 2.75) is 96.3 Å². The van der Waals surface area contributed by atoms with Crippen LogP contribution in [-0.4, -0.2) is 47.1 Å². The van der Waals surface area contributed by atoms with E-state index >= 15 is 0 Å². The Morgan fingerprint density at radius 2 is 1.62 bits per heavy atom. The molecule has 4 N–H and O–H groups in total. The van der Waals surface area contributed by atoms with Crippen LogP contribution in [0.15, 0.2) is 30.3 Å². The van der Waals surface area contributed by atoms with Crippen LogP contribution in [-0.2, 0) is 20.8 Å². The van der Waals surface area contributed by atoms with Crippen molar-refractivity contribution in [3.05, 3.63) is 35.9 Å². The number of aryl methyl sites for hydroxylation is 1. The highest BCUT2D eigenvalue weighted by molar-refractivity contribution is 5.90. The molecule has 0 aliphatic heterocycles. The summed E-state index contributed by atoms with van der Waals surface area (Å²) >= 11 is 0. The van der Waals surface area contributed by atoms with Crippen molar-refractivity contribution in [1.29, 1.82) is 0 Å². The molecule has 0 saturated heterocycles. The number of aliphatic carboxylic acids is 1. The zero-order valence-corrected chi connectivity index (χ0v) is 19.6. The third-order valence-corrected chi connectivity index (χ3v) is 5.99. The fraction of sp³-hybridized carbons (Fsp3) is 0.640. The summed E-state index contributed by atoms with van der Waals surface area (Å²) in [6.45, 7) is 5.56. The normalized spacial score (nSPS) is 17.4. The Kier molecular flexibility index (Phi) is 10.7. The summed E-state index contributed by atoms with van der Waals surface area (Å²) in [7, 11) is 0. The first-order valence-electron chi connectivity index (χ1n) is 11.9. The maximum atomic E-state index is 13.2. The Hall–Kier alpha value is -2.41. The number of hydrogen-bond acceptors (Lipinski definition) is 4. The monoisotopic (exact) mass is 445 g/mol. The molecule has 1 aromatic carbocycles. The number of nitrogens with one attached hydrogen (secondary N) is 3. The van der Waals surface area contributed by atoms with Gasteiger partial charge in [-0.25, -0.2) is 0 Å². The minimum absolute atomic E-state index is 0.146. The Balaban J connectivity index is 2.06. The van der Waals surface area contributed by atoms with Crippen LogP contribution in [0.5, 0.6) is 0 Å². The lowest BCUT2D eigenvalue weighted by molar-refractivity contribution is -0.139. The van der Waals surface area contributed by atoms with E-state index in [0.29, 0.717) is 19.3 Å². The maximum Gasteiger partial charge on any atom is 0.320 e. The highest BCUT2D eigenvalue weighted by atomic mass is 16.4. The molecule has 1 saturated carbocycles. The fourth-order valence-electron chi connectivity index (χ4n) is 4.14. The molecule has 0 aromatic heterocycles. The van der Waals surface area contributed by atoms with E-state index in [4.69, 9.17) is 0 Å². The van der Waals surface area contributed by atoms with Gasteiger partial charge in [-0.1, -0.05) is 63.4 Å². The lowest BCUT2D eigenvalue weighted by Crippen LogP contribution is -2.56. The molecule has 7 heteroatoms. The van der Waals surface area contributed by atoms with E-state index in [1.54, 1.807) is 0 Å². The van der Waals surface area contributed by atoms with E-state index in [-0.39, 0.29) is 23.8 Å². The largest absolute Gasteiger partial charge is 0.480 e. The quantitative estimate of drug-likeness (QED) is 0.396. The summed E-state index contributed by atoms with van der Waals surface area (Å²) in [6, 6.07) is 7.72. The van der Waals surface area contributed by atoms with Gasteiger partial charge in [-0.05, 0) is 50.5 Å². The number of amides is 2. The number of rotatable bonds is 12. The number of carbonyl (C=O) groups is 3. The number of benzene rings is 1. The number of carboxylic acids is 1. The molecule has 0 unspecified atom stereocenters. The van der Waals surface area contributed by atoms with Gasteiger partial charge in [0.2, 0.25) is 11.8 Å². The molecule has 1 fully saturated rings. The van der Waals surface area contributed by atoms with Crippen LogP contribution >= 0.6 is 0 Å². The van der Waals surface area contributed by atoms with Gasteiger partial charge in [-0.3, -0.25) is 19.7 Å². The third kappa shape index (κ3) is 8.99. The zero-order valence-electron chi connectivity index (χ0n) is 19.6. The Labute approximate surface area is 191 Å². The molecule has 0 radical (unpaired) electrons. The summed E-state index contributed by atoms with van der Waals surface area (Å²) in [5.41, 5.74) is 1.07. The minimum atomic E-state index is -1.02. The maximum absolute atomic E-state index is 13.2. The summed E-state index contributed by atoms with van der Waals surface area (Å²) < 4.78 is 0. The van der Waals surface area contributed by atoms with Gasteiger partial charge in [0.05, 0.1) is 6.04 Å². The molecule has 2 rings (SSSR count). The summed E-state index contributed by atoms with van der Waals surface area (Å²) in [5.74, 6) is -1.27. The van der Waals surface area contributed by atoms with Gasteiger partial charge in [0.25, 0.3) is 0 Å². The van der Waals surface area contributed by atoms with E-state index in [1.807, 2.05) is 44.2 Å². The van der Waals surface area contributed by atoms with Gasteiger partial charge in [0.15, 0.2) is 0 Å². The van der Waals surface area contributed by atoms with Crippen molar-refractivity contribution >= 4 is 17.8 Å². The fourth-order valence-corrected chi connectivity index (χ4v) is 4.14. The standard InChI is InChI=1S/C25H39N3O4/c1-17(2)16-22(24(30)27-20-12-8-5-9-13-20)28-23(29)21(26-18(3)25(31)32)15-14-19-10-6-4-7-11-19/h4,6-7,10-11,17-18,20-22,26H,5,8-9,12-16H2,1-3H3,(H,27,30)(H,28,29)(H,31,32)/t18-,21+,22+/m1/s1. The molecule has 7 nitrogen and oxygen atoms in total. The lowest BCUT2D eigenvalue weighted by Gasteiger charge is -2.28. The van der Waals surface area contributed by atoms with Crippen LogP contribution in [0.3, 0.4) is 0 Å². The van der Waals surface area contributed by atoms with Crippen LogP contribution in [0, 0.1) is 5.92 Å². The SMILES string of the molecule is CC(C)C[C@H](NC(=O)[C@H](CCc1ccccc1)N[C@H](C)C(=O)O)C(=O)NC1CCCCC1.